The van der Waals surface area contributed by atoms with Gasteiger partial charge in [0, 0.05) is 9.75 Å². The van der Waals surface area contributed by atoms with Crippen LogP contribution in [0.15, 0.2) is 12.1 Å². The van der Waals surface area contributed by atoms with Crippen molar-refractivity contribution < 1.29 is 4.79 Å². The molecule has 1 atom stereocenters. The molecule has 1 fully saturated rings. The Labute approximate surface area is 115 Å². The fourth-order valence-electron chi connectivity index (χ4n) is 1.72. The van der Waals surface area contributed by atoms with Crippen molar-refractivity contribution >= 4 is 40.4 Å². The predicted molar refractivity (Wildman–Crippen MR) is 72.7 cm³/mol. The summed E-state index contributed by atoms with van der Waals surface area (Å²) >= 11 is 13.6. The van der Waals surface area contributed by atoms with Gasteiger partial charge in [0.2, 0.25) is 5.91 Å². The van der Waals surface area contributed by atoms with Gasteiger partial charge >= 0.3 is 0 Å². The van der Waals surface area contributed by atoms with Gasteiger partial charge in [-0.05, 0) is 31.9 Å². The molecule has 1 heterocycles. The summed E-state index contributed by atoms with van der Waals surface area (Å²) in [6, 6.07) is 4.14. The molecule has 17 heavy (non-hydrogen) atoms. The van der Waals surface area contributed by atoms with Gasteiger partial charge in [-0.3, -0.25) is 4.79 Å². The Bertz CT molecular complexity index is 443. The molecule has 1 aromatic rings. The van der Waals surface area contributed by atoms with Crippen LogP contribution in [0.5, 0.6) is 0 Å². The molecule has 0 spiro atoms. The molecule has 0 saturated heterocycles. The zero-order chi connectivity index (χ0) is 12.7. The van der Waals surface area contributed by atoms with Crippen molar-refractivity contribution in [2.45, 2.75) is 37.6 Å². The number of thiophene rings is 1. The molecule has 1 aliphatic carbocycles. The van der Waals surface area contributed by atoms with E-state index in [0.717, 1.165) is 11.3 Å². The van der Waals surface area contributed by atoms with Gasteiger partial charge in [0.1, 0.15) is 4.33 Å². The van der Waals surface area contributed by atoms with Crippen LogP contribution in [0.3, 0.4) is 0 Å². The SMILES string of the molecule is CCc1ccc(CNC(=O)C2(C)CC2(Cl)Cl)s1. The maximum absolute atomic E-state index is 11.9. The highest BCUT2D eigenvalue weighted by molar-refractivity contribution is 7.11. The largest absolute Gasteiger partial charge is 0.351 e. The smallest absolute Gasteiger partial charge is 0.229 e. The number of hydrogen-bond donors (Lipinski definition) is 1. The lowest BCUT2D eigenvalue weighted by atomic mass is 10.1. The minimum Gasteiger partial charge on any atom is -0.351 e. The van der Waals surface area contributed by atoms with Gasteiger partial charge in [0.05, 0.1) is 12.0 Å². The number of rotatable bonds is 4. The van der Waals surface area contributed by atoms with E-state index < -0.39 is 9.75 Å². The molecule has 2 nitrogen and oxygen atoms in total. The molecule has 1 aromatic heterocycles. The van der Waals surface area contributed by atoms with Crippen LogP contribution in [0, 0.1) is 5.41 Å². The van der Waals surface area contributed by atoms with Crippen LogP contribution in [0.1, 0.15) is 30.0 Å². The first-order valence-electron chi connectivity index (χ1n) is 5.63. The third-order valence-corrected chi connectivity index (χ3v) is 5.58. The van der Waals surface area contributed by atoms with Crippen LogP contribution in [0.2, 0.25) is 0 Å². The van der Waals surface area contributed by atoms with Gasteiger partial charge in [-0.25, -0.2) is 0 Å². The molecule has 2 rings (SSSR count). The van der Waals surface area contributed by atoms with E-state index in [1.54, 1.807) is 18.3 Å². The molecule has 1 aliphatic rings. The molecule has 5 heteroatoms. The molecular formula is C12H15Cl2NOS. The van der Waals surface area contributed by atoms with Crippen molar-refractivity contribution in [1.29, 1.82) is 0 Å². The molecular weight excluding hydrogens is 277 g/mol. The minimum absolute atomic E-state index is 0.0612. The molecule has 1 amide bonds. The van der Waals surface area contributed by atoms with Crippen molar-refractivity contribution in [2.75, 3.05) is 0 Å². The monoisotopic (exact) mass is 291 g/mol. The summed E-state index contributed by atoms with van der Waals surface area (Å²) in [4.78, 5) is 14.4. The standard InChI is InChI=1S/C12H15Cl2NOS/c1-3-8-4-5-9(17-8)6-15-10(16)11(2)7-12(11,13)14/h4-5H,3,6-7H2,1-2H3,(H,15,16). The second-order valence-corrected chi connectivity index (χ2v) is 7.35. The summed E-state index contributed by atoms with van der Waals surface area (Å²) in [5, 5.41) is 2.90. The van der Waals surface area contributed by atoms with E-state index in [2.05, 4.69) is 18.3 Å². The van der Waals surface area contributed by atoms with Gasteiger partial charge in [0.15, 0.2) is 0 Å². The van der Waals surface area contributed by atoms with Crippen LogP contribution in [-0.4, -0.2) is 10.2 Å². The number of amides is 1. The van der Waals surface area contributed by atoms with Gasteiger partial charge in [-0.15, -0.1) is 34.5 Å². The van der Waals surface area contributed by atoms with Gasteiger partial charge in [-0.2, -0.15) is 0 Å². The second-order valence-electron chi connectivity index (χ2n) is 4.62. The highest BCUT2D eigenvalue weighted by atomic mass is 35.5. The van der Waals surface area contributed by atoms with E-state index in [0.29, 0.717) is 13.0 Å². The Morgan fingerprint density at radius 1 is 1.47 bits per heavy atom. The Morgan fingerprint density at radius 2 is 2.06 bits per heavy atom. The zero-order valence-corrected chi connectivity index (χ0v) is 12.2. The van der Waals surface area contributed by atoms with Crippen LogP contribution < -0.4 is 5.32 Å². The summed E-state index contributed by atoms with van der Waals surface area (Å²) < 4.78 is -0.888. The Balaban J connectivity index is 1.89. The van der Waals surface area contributed by atoms with Crippen molar-refractivity contribution in [3.8, 4) is 0 Å². The third-order valence-electron chi connectivity index (χ3n) is 3.25. The van der Waals surface area contributed by atoms with Crippen molar-refractivity contribution in [3.05, 3.63) is 21.9 Å². The average molecular weight is 292 g/mol. The number of aryl methyl sites for hydroxylation is 1. The molecule has 0 aromatic carbocycles. The zero-order valence-electron chi connectivity index (χ0n) is 9.85. The summed E-state index contributed by atoms with van der Waals surface area (Å²) in [7, 11) is 0. The van der Waals surface area contributed by atoms with E-state index in [4.69, 9.17) is 23.2 Å². The number of hydrogen-bond acceptors (Lipinski definition) is 2. The van der Waals surface area contributed by atoms with Crippen molar-refractivity contribution in [2.24, 2.45) is 5.41 Å². The molecule has 0 radical (unpaired) electrons. The lowest BCUT2D eigenvalue weighted by molar-refractivity contribution is -0.125. The molecule has 94 valence electrons. The van der Waals surface area contributed by atoms with E-state index in [1.165, 1.54) is 4.88 Å². The Morgan fingerprint density at radius 3 is 2.53 bits per heavy atom. The van der Waals surface area contributed by atoms with Crippen LogP contribution in [0.4, 0.5) is 0 Å². The minimum atomic E-state index is -0.888. The normalized spacial score (nSPS) is 25.6. The topological polar surface area (TPSA) is 29.1 Å². The molecule has 0 aliphatic heterocycles. The summed E-state index contributed by atoms with van der Waals surface area (Å²) in [6.07, 6.45) is 1.56. The molecule has 1 unspecified atom stereocenters. The Kier molecular flexibility index (Phi) is 3.45. The van der Waals surface area contributed by atoms with Gasteiger partial charge in [0.25, 0.3) is 0 Å². The molecule has 1 saturated carbocycles. The highest BCUT2D eigenvalue weighted by Crippen LogP contribution is 2.63. The first-order chi connectivity index (χ1) is 7.89. The maximum atomic E-state index is 11.9. The maximum Gasteiger partial charge on any atom is 0.229 e. The van der Waals surface area contributed by atoms with Gasteiger partial charge < -0.3 is 5.32 Å². The number of carbonyl (C=O) groups excluding carboxylic acids is 1. The Hall–Kier alpha value is -0.250. The van der Waals surface area contributed by atoms with E-state index in [-0.39, 0.29) is 5.91 Å². The molecule has 0 bridgehead atoms. The fourth-order valence-corrected chi connectivity index (χ4v) is 3.32. The third kappa shape index (κ3) is 2.47. The predicted octanol–water partition coefficient (Wildman–Crippen LogP) is 3.51. The van der Waals surface area contributed by atoms with E-state index >= 15 is 0 Å². The van der Waals surface area contributed by atoms with Gasteiger partial charge in [-0.1, -0.05) is 6.92 Å². The van der Waals surface area contributed by atoms with Crippen LogP contribution in [0.25, 0.3) is 0 Å². The highest BCUT2D eigenvalue weighted by Gasteiger charge is 2.67. The number of carbonyl (C=O) groups is 1. The molecule has 1 N–H and O–H groups in total. The number of nitrogens with one attached hydrogen (secondary N) is 1. The summed E-state index contributed by atoms with van der Waals surface area (Å²) in [6.45, 7) is 4.48. The summed E-state index contributed by atoms with van der Waals surface area (Å²) in [5.41, 5.74) is -0.624. The number of halogens is 2. The van der Waals surface area contributed by atoms with Crippen LogP contribution >= 0.6 is 34.5 Å². The number of alkyl halides is 2. The summed E-state index contributed by atoms with van der Waals surface area (Å²) in [5.74, 6) is -0.0612. The van der Waals surface area contributed by atoms with E-state index in [9.17, 15) is 4.79 Å². The quantitative estimate of drug-likeness (QED) is 0.845. The first kappa shape index (κ1) is 13.2. The van der Waals surface area contributed by atoms with Crippen LogP contribution in [-0.2, 0) is 17.8 Å². The first-order valence-corrected chi connectivity index (χ1v) is 7.20. The lowest BCUT2D eigenvalue weighted by Crippen LogP contribution is -2.32. The average Bonchev–Trinajstić information content (AvgIpc) is 2.68. The van der Waals surface area contributed by atoms with E-state index in [1.807, 2.05) is 6.07 Å². The lowest BCUT2D eigenvalue weighted by Gasteiger charge is -2.11. The van der Waals surface area contributed by atoms with Crippen molar-refractivity contribution in [1.82, 2.24) is 5.32 Å². The van der Waals surface area contributed by atoms with Crippen molar-refractivity contribution in [3.63, 3.8) is 0 Å². The second kappa shape index (κ2) is 4.45. The fraction of sp³-hybridized carbons (Fsp3) is 0.583.